The maximum Gasteiger partial charge on any atom is 0.281 e. The number of aromatic nitrogens is 2. The van der Waals surface area contributed by atoms with E-state index in [0.717, 1.165) is 23.1 Å². The van der Waals surface area contributed by atoms with Gasteiger partial charge in [0.2, 0.25) is 23.6 Å². The minimum absolute atomic E-state index is 0.0265. The number of carbonyl (C=O) groups excluding carboxylic acids is 5. The number of likely N-dealkylation sites (N-methyl/N-ethyl adjacent to an activating group) is 1. The van der Waals surface area contributed by atoms with Gasteiger partial charge in [0.05, 0.1) is 11.6 Å². The highest BCUT2D eigenvalue weighted by atomic mass is 19.3. The van der Waals surface area contributed by atoms with Gasteiger partial charge in [0.25, 0.3) is 12.3 Å². The Hall–Kier alpha value is -7.08. The molecule has 18 nitrogen and oxygen atoms in total. The van der Waals surface area contributed by atoms with Crippen molar-refractivity contribution in [1.82, 2.24) is 36.1 Å². The molecule has 0 aliphatic carbocycles. The number of nitrogens with two attached hydrogens (primary N) is 3. The van der Waals surface area contributed by atoms with Crippen molar-refractivity contribution in [3.05, 3.63) is 94.8 Å². The Kier molecular flexibility index (Phi) is 18.2. The number of hydrogen-bond acceptors (Lipinski definition) is 13. The van der Waals surface area contributed by atoms with Crippen molar-refractivity contribution in [3.8, 4) is 40.1 Å². The predicted molar refractivity (Wildman–Crippen MR) is 244 cm³/mol. The van der Waals surface area contributed by atoms with E-state index in [9.17, 15) is 32.8 Å². The number of fused-ring (bicyclic) bond motifs is 5. The van der Waals surface area contributed by atoms with Crippen molar-refractivity contribution in [2.45, 2.75) is 70.6 Å². The summed E-state index contributed by atoms with van der Waals surface area (Å²) in [5.41, 5.74) is 19.2. The van der Waals surface area contributed by atoms with Gasteiger partial charge in [-0.3, -0.25) is 24.0 Å². The zero-order valence-corrected chi connectivity index (χ0v) is 37.8. The van der Waals surface area contributed by atoms with Gasteiger partial charge in [0, 0.05) is 49.4 Å². The Morgan fingerprint density at radius 3 is 2.19 bits per heavy atom. The van der Waals surface area contributed by atoms with Crippen molar-refractivity contribution in [1.29, 1.82) is 5.26 Å². The summed E-state index contributed by atoms with van der Waals surface area (Å²) in [6.07, 6.45) is -1.64. The van der Waals surface area contributed by atoms with Crippen LogP contribution in [-0.4, -0.2) is 109 Å². The summed E-state index contributed by atoms with van der Waals surface area (Å²) in [6, 6.07) is 13.3. The van der Waals surface area contributed by atoms with Crippen LogP contribution in [0.3, 0.4) is 0 Å². The van der Waals surface area contributed by atoms with Crippen LogP contribution < -0.4 is 47.9 Å². The fourth-order valence-corrected chi connectivity index (χ4v) is 7.50. The highest BCUT2D eigenvalue weighted by Crippen LogP contribution is 2.40. The van der Waals surface area contributed by atoms with E-state index in [1.807, 2.05) is 18.2 Å². The van der Waals surface area contributed by atoms with Crippen molar-refractivity contribution >= 4 is 29.5 Å². The Bertz CT molecular complexity index is 2450. The van der Waals surface area contributed by atoms with E-state index < -0.39 is 71.4 Å². The standard InChI is InChI=1S/C47H57F2N11O7/c1-26(2)21-28-5-8-30(9-6-28)42-55-25-34(39(59-42)41(48)49)44(62)57-35(13-14-50)47(65)60(4)40-31-10-12-38(67-20-17-53)33(24-31)32-22-29(7-11-37(32)66-19-16-52)23-36(45(63)54-18-15-51)58-43(61)27(3)56-46(40)64/h5-12,22,24-27,35-36,40-41H,13-14,16-21,23,50,52-53H2,1-4H3,(H,54,63)(H,56,64)(H,57,62)(H,58,61)/t27-,35?,36-,40-/m0/s1. The number of ether oxygens (including phenoxy) is 2. The molecule has 3 aromatic carbocycles. The molecule has 2 heterocycles. The Labute approximate surface area is 387 Å². The van der Waals surface area contributed by atoms with E-state index in [1.54, 1.807) is 48.5 Å². The molecule has 5 rings (SSSR count). The molecule has 356 valence electrons. The monoisotopic (exact) mass is 925 g/mol. The molecule has 0 saturated heterocycles. The van der Waals surface area contributed by atoms with Crippen LogP contribution in [0.15, 0.2) is 66.9 Å². The first-order valence-electron chi connectivity index (χ1n) is 21.8. The number of halogens is 2. The smallest absolute Gasteiger partial charge is 0.281 e. The largest absolute Gasteiger partial charge is 0.492 e. The van der Waals surface area contributed by atoms with Crippen LogP contribution in [0.1, 0.15) is 72.4 Å². The van der Waals surface area contributed by atoms with Crippen molar-refractivity contribution < 1.29 is 42.2 Å². The van der Waals surface area contributed by atoms with Gasteiger partial charge in [-0.1, -0.05) is 50.2 Å². The summed E-state index contributed by atoms with van der Waals surface area (Å²) in [5.74, 6) is -3.17. The molecule has 4 atom stereocenters. The molecule has 0 spiro atoms. The van der Waals surface area contributed by atoms with Crippen molar-refractivity contribution in [3.63, 3.8) is 0 Å². The number of carbonyl (C=O) groups is 5. The van der Waals surface area contributed by atoms with Gasteiger partial charge in [-0.15, -0.1) is 0 Å². The molecule has 4 aromatic rings. The highest BCUT2D eigenvalue weighted by molar-refractivity contribution is 6.00. The minimum Gasteiger partial charge on any atom is -0.492 e. The van der Waals surface area contributed by atoms with Gasteiger partial charge in [0.1, 0.15) is 61.1 Å². The average Bonchev–Trinajstić information content (AvgIpc) is 3.31. The third-order valence-electron chi connectivity index (χ3n) is 10.7. The van der Waals surface area contributed by atoms with Gasteiger partial charge in [-0.2, -0.15) is 5.26 Å². The normalized spacial score (nSPS) is 16.5. The van der Waals surface area contributed by atoms with E-state index in [2.05, 4.69) is 45.1 Å². The van der Waals surface area contributed by atoms with Crippen LogP contribution in [0.25, 0.3) is 22.5 Å². The lowest BCUT2D eigenvalue weighted by Gasteiger charge is -2.32. The molecule has 1 aliphatic rings. The molecule has 0 saturated carbocycles. The molecule has 0 fully saturated rings. The maximum absolute atomic E-state index is 14.6. The van der Waals surface area contributed by atoms with Crippen molar-refractivity contribution in [2.75, 3.05) is 46.4 Å². The van der Waals surface area contributed by atoms with Crippen LogP contribution in [0.5, 0.6) is 11.5 Å². The number of alkyl halides is 2. The van der Waals surface area contributed by atoms with Gasteiger partial charge in [-0.05, 0) is 73.2 Å². The molecular weight excluding hydrogens is 869 g/mol. The zero-order valence-electron chi connectivity index (χ0n) is 37.8. The summed E-state index contributed by atoms with van der Waals surface area (Å²) in [6.45, 7) is 5.55. The molecule has 0 radical (unpaired) electrons. The van der Waals surface area contributed by atoms with E-state index in [0.29, 0.717) is 39.7 Å². The third-order valence-corrected chi connectivity index (χ3v) is 10.7. The summed E-state index contributed by atoms with van der Waals surface area (Å²) in [4.78, 5) is 79.4. The highest BCUT2D eigenvalue weighted by Gasteiger charge is 2.37. The molecule has 5 amide bonds. The van der Waals surface area contributed by atoms with Crippen LogP contribution in [0.2, 0.25) is 0 Å². The molecule has 1 aromatic heterocycles. The van der Waals surface area contributed by atoms with Gasteiger partial charge < -0.3 is 52.8 Å². The number of hydrogen-bond donors (Lipinski definition) is 7. The number of benzene rings is 3. The molecule has 10 N–H and O–H groups in total. The number of amides is 5. The molecule has 1 aliphatic heterocycles. The molecular formula is C47H57F2N11O7. The summed E-state index contributed by atoms with van der Waals surface area (Å²) in [5, 5.41) is 19.4. The van der Waals surface area contributed by atoms with Crippen LogP contribution in [0.4, 0.5) is 8.78 Å². The van der Waals surface area contributed by atoms with Crippen molar-refractivity contribution in [2.24, 2.45) is 23.1 Å². The average molecular weight is 926 g/mol. The Morgan fingerprint density at radius 2 is 1.58 bits per heavy atom. The molecule has 1 unspecified atom stereocenters. The van der Waals surface area contributed by atoms with E-state index >= 15 is 0 Å². The Morgan fingerprint density at radius 1 is 0.925 bits per heavy atom. The second-order valence-corrected chi connectivity index (χ2v) is 16.3. The summed E-state index contributed by atoms with van der Waals surface area (Å²) >= 11 is 0. The maximum atomic E-state index is 14.6. The SMILES string of the molecule is CC(C)Cc1ccc(-c2ncc(C(=O)NC(CCN)C(=O)N(C)[C@@H]3C(=O)N[C@@H](C)C(=O)N[C@H](C(=O)NCC#N)Cc4ccc(OCCN)c(c4)-c4cc3ccc4OCCN)c(C(F)F)n2)cc1. The molecule has 4 bridgehead atoms. The fourth-order valence-electron chi connectivity index (χ4n) is 7.50. The number of nitriles is 1. The van der Waals surface area contributed by atoms with Gasteiger partial charge >= 0.3 is 0 Å². The first-order valence-corrected chi connectivity index (χ1v) is 21.8. The Balaban J connectivity index is 1.57. The number of nitrogens with one attached hydrogen (secondary N) is 4. The predicted octanol–water partition coefficient (Wildman–Crippen LogP) is 2.45. The summed E-state index contributed by atoms with van der Waals surface area (Å²) < 4.78 is 41.3. The molecule has 67 heavy (non-hydrogen) atoms. The fraction of sp³-hybridized carbons (Fsp3) is 0.404. The minimum atomic E-state index is -3.20. The van der Waals surface area contributed by atoms with E-state index in [1.165, 1.54) is 14.0 Å². The lowest BCUT2D eigenvalue weighted by Crippen LogP contribution is -2.56. The second kappa shape index (κ2) is 23.9. The van der Waals surface area contributed by atoms with E-state index in [-0.39, 0.29) is 63.6 Å². The first-order chi connectivity index (χ1) is 32.1. The van der Waals surface area contributed by atoms with Gasteiger partial charge in [-0.25, -0.2) is 18.7 Å². The van der Waals surface area contributed by atoms with Crippen LogP contribution in [0, 0.1) is 17.2 Å². The van der Waals surface area contributed by atoms with E-state index in [4.69, 9.17) is 31.9 Å². The zero-order chi connectivity index (χ0) is 48.8. The quantitative estimate of drug-likeness (QED) is 0.0708. The van der Waals surface area contributed by atoms with Crippen LogP contribution in [-0.2, 0) is 32.0 Å². The van der Waals surface area contributed by atoms with Gasteiger partial charge in [0.15, 0.2) is 5.82 Å². The summed E-state index contributed by atoms with van der Waals surface area (Å²) in [7, 11) is 1.30. The third kappa shape index (κ3) is 13.1. The lowest BCUT2D eigenvalue weighted by molar-refractivity contribution is -0.141. The number of rotatable bonds is 18. The lowest BCUT2D eigenvalue weighted by atomic mass is 9.93. The van der Waals surface area contributed by atoms with Crippen LogP contribution >= 0.6 is 0 Å². The topological polar surface area (TPSA) is 283 Å². The number of nitrogens with zero attached hydrogens (tertiary/aromatic N) is 4. The first kappa shape index (κ1) is 50.9. The molecule has 20 heteroatoms. The second-order valence-electron chi connectivity index (χ2n) is 16.3.